The lowest BCUT2D eigenvalue weighted by atomic mass is 10.1. The van der Waals surface area contributed by atoms with E-state index in [1.165, 1.54) is 0 Å². The Morgan fingerprint density at radius 1 is 1.17 bits per heavy atom. The molecule has 7 nitrogen and oxygen atoms in total. The molecule has 1 N–H and O–H groups in total. The first kappa shape index (κ1) is 19.1. The Kier molecular flexibility index (Phi) is 5.57. The molecule has 1 unspecified atom stereocenters. The number of rotatable bonds is 5. The molecule has 1 aliphatic heterocycles. The van der Waals surface area contributed by atoms with E-state index < -0.39 is 6.04 Å². The molecule has 8 heteroatoms. The monoisotopic (exact) mass is 410 g/mol. The van der Waals surface area contributed by atoms with Crippen LogP contribution in [0.5, 0.6) is 0 Å². The number of carbonyl (C=O) groups excluding carboxylic acids is 2. The second-order valence-corrected chi connectivity index (χ2v) is 7.15. The standard InChI is InChI=1S/C21H19ClN4O3/c22-16-9-5-4-8-15(16)12-19(27)26-11-10-23-21(28)17(26)13-18-24-20(25-29-18)14-6-2-1-3-7-14/h1-9,17H,10-13H2,(H,23,28). The molecule has 1 fully saturated rings. The topological polar surface area (TPSA) is 88.3 Å². The third-order valence-corrected chi connectivity index (χ3v) is 5.19. The molecule has 3 aromatic rings. The van der Waals surface area contributed by atoms with Gasteiger partial charge in [0.05, 0.1) is 12.8 Å². The van der Waals surface area contributed by atoms with E-state index in [2.05, 4.69) is 15.5 Å². The number of carbonyl (C=O) groups is 2. The van der Waals surface area contributed by atoms with Crippen LogP contribution in [-0.2, 0) is 22.4 Å². The third-order valence-electron chi connectivity index (χ3n) is 4.82. The summed E-state index contributed by atoms with van der Waals surface area (Å²) in [4.78, 5) is 31.4. The number of aromatic nitrogens is 2. The van der Waals surface area contributed by atoms with Gasteiger partial charge in [-0.2, -0.15) is 4.98 Å². The fourth-order valence-corrected chi connectivity index (χ4v) is 3.53. The van der Waals surface area contributed by atoms with Gasteiger partial charge in [-0.1, -0.05) is 65.3 Å². The van der Waals surface area contributed by atoms with Crippen molar-refractivity contribution in [1.29, 1.82) is 0 Å². The summed E-state index contributed by atoms with van der Waals surface area (Å²) < 4.78 is 5.34. The maximum atomic E-state index is 12.9. The van der Waals surface area contributed by atoms with Gasteiger partial charge >= 0.3 is 0 Å². The van der Waals surface area contributed by atoms with Crippen LogP contribution in [0.25, 0.3) is 11.4 Å². The van der Waals surface area contributed by atoms with Gasteiger partial charge in [0, 0.05) is 23.7 Å². The Labute approximate surface area is 172 Å². The molecule has 0 spiro atoms. The van der Waals surface area contributed by atoms with Crippen molar-refractivity contribution in [2.45, 2.75) is 18.9 Å². The van der Waals surface area contributed by atoms with Crippen LogP contribution in [0.3, 0.4) is 0 Å². The summed E-state index contributed by atoms with van der Waals surface area (Å²) in [6.45, 7) is 0.821. The molecular weight excluding hydrogens is 392 g/mol. The summed E-state index contributed by atoms with van der Waals surface area (Å²) >= 11 is 6.18. The molecule has 0 aliphatic carbocycles. The second-order valence-electron chi connectivity index (χ2n) is 6.74. The van der Waals surface area contributed by atoms with Crippen molar-refractivity contribution in [3.05, 3.63) is 71.1 Å². The summed E-state index contributed by atoms with van der Waals surface area (Å²) in [5.41, 5.74) is 1.55. The molecule has 0 bridgehead atoms. The molecular formula is C21H19ClN4O3. The lowest BCUT2D eigenvalue weighted by molar-refractivity contribution is -0.142. The molecule has 0 saturated carbocycles. The maximum Gasteiger partial charge on any atom is 0.243 e. The molecule has 2 heterocycles. The maximum absolute atomic E-state index is 12.9. The third kappa shape index (κ3) is 4.30. The van der Waals surface area contributed by atoms with E-state index in [-0.39, 0.29) is 24.7 Å². The molecule has 4 rings (SSSR count). The van der Waals surface area contributed by atoms with Gasteiger partial charge in [0.25, 0.3) is 0 Å². The molecule has 2 aromatic carbocycles. The van der Waals surface area contributed by atoms with Crippen LogP contribution in [0.2, 0.25) is 5.02 Å². The summed E-state index contributed by atoms with van der Waals surface area (Å²) in [5.74, 6) is 0.358. The molecule has 29 heavy (non-hydrogen) atoms. The van der Waals surface area contributed by atoms with E-state index in [1.54, 1.807) is 11.0 Å². The predicted octanol–water partition coefficient (Wildman–Crippen LogP) is 2.50. The van der Waals surface area contributed by atoms with Crippen molar-refractivity contribution >= 4 is 23.4 Å². The molecule has 1 aliphatic rings. The number of benzene rings is 2. The number of nitrogens with one attached hydrogen (secondary N) is 1. The normalized spacial score (nSPS) is 16.5. The highest BCUT2D eigenvalue weighted by atomic mass is 35.5. The number of hydrogen-bond donors (Lipinski definition) is 1. The van der Waals surface area contributed by atoms with Crippen LogP contribution in [0.1, 0.15) is 11.5 Å². The quantitative estimate of drug-likeness (QED) is 0.698. The fourth-order valence-electron chi connectivity index (χ4n) is 3.33. The molecule has 2 amide bonds. The van der Waals surface area contributed by atoms with Crippen molar-refractivity contribution in [2.75, 3.05) is 13.1 Å². The second kappa shape index (κ2) is 8.45. The lowest BCUT2D eigenvalue weighted by Gasteiger charge is -2.34. The summed E-state index contributed by atoms with van der Waals surface area (Å²) in [6.07, 6.45) is 0.280. The number of hydrogen-bond acceptors (Lipinski definition) is 5. The first-order chi connectivity index (χ1) is 14.1. The van der Waals surface area contributed by atoms with Crippen molar-refractivity contribution in [2.24, 2.45) is 0 Å². The molecule has 148 valence electrons. The van der Waals surface area contributed by atoms with Crippen molar-refractivity contribution < 1.29 is 14.1 Å². The smallest absolute Gasteiger partial charge is 0.243 e. The zero-order valence-electron chi connectivity index (χ0n) is 15.5. The Morgan fingerprint density at radius 3 is 2.72 bits per heavy atom. The van der Waals surface area contributed by atoms with Gasteiger partial charge in [-0.25, -0.2) is 0 Å². The van der Waals surface area contributed by atoms with Gasteiger partial charge in [-0.15, -0.1) is 0 Å². The fraction of sp³-hybridized carbons (Fsp3) is 0.238. The number of nitrogens with zero attached hydrogens (tertiary/aromatic N) is 3. The van der Waals surface area contributed by atoms with E-state index in [9.17, 15) is 9.59 Å². The highest BCUT2D eigenvalue weighted by molar-refractivity contribution is 6.31. The average Bonchev–Trinajstić information content (AvgIpc) is 3.20. The Morgan fingerprint density at radius 2 is 1.93 bits per heavy atom. The summed E-state index contributed by atoms with van der Waals surface area (Å²) in [6, 6.07) is 15.9. The first-order valence-electron chi connectivity index (χ1n) is 9.30. The van der Waals surface area contributed by atoms with Crippen LogP contribution in [0, 0.1) is 0 Å². The van der Waals surface area contributed by atoms with Crippen LogP contribution < -0.4 is 5.32 Å². The lowest BCUT2D eigenvalue weighted by Crippen LogP contribution is -2.58. The van der Waals surface area contributed by atoms with Gasteiger partial charge < -0.3 is 14.7 Å². The van der Waals surface area contributed by atoms with E-state index in [0.717, 1.165) is 11.1 Å². The largest absolute Gasteiger partial charge is 0.353 e. The minimum atomic E-state index is -0.706. The predicted molar refractivity (Wildman–Crippen MR) is 107 cm³/mol. The first-order valence-corrected chi connectivity index (χ1v) is 9.68. The summed E-state index contributed by atoms with van der Waals surface area (Å²) in [7, 11) is 0. The summed E-state index contributed by atoms with van der Waals surface area (Å²) in [5, 5.41) is 7.32. The Bertz CT molecular complexity index is 1020. The van der Waals surface area contributed by atoms with Gasteiger partial charge in [-0.3, -0.25) is 9.59 Å². The molecule has 1 atom stereocenters. The van der Waals surface area contributed by atoms with Crippen LogP contribution in [0.4, 0.5) is 0 Å². The van der Waals surface area contributed by atoms with E-state index in [4.69, 9.17) is 16.1 Å². The molecule has 1 aromatic heterocycles. The SMILES string of the molecule is O=C1NCCN(C(=O)Cc2ccccc2Cl)C1Cc1nc(-c2ccccc2)no1. The number of piperazine rings is 1. The minimum Gasteiger partial charge on any atom is -0.353 e. The van der Waals surface area contributed by atoms with Gasteiger partial charge in [0.1, 0.15) is 6.04 Å². The van der Waals surface area contributed by atoms with Crippen LogP contribution >= 0.6 is 11.6 Å². The Balaban J connectivity index is 1.51. The highest BCUT2D eigenvalue weighted by Gasteiger charge is 2.34. The number of halogens is 1. The minimum absolute atomic E-state index is 0.128. The van der Waals surface area contributed by atoms with E-state index in [0.29, 0.717) is 29.8 Å². The van der Waals surface area contributed by atoms with Crippen LogP contribution in [0.15, 0.2) is 59.1 Å². The van der Waals surface area contributed by atoms with E-state index in [1.807, 2.05) is 48.5 Å². The van der Waals surface area contributed by atoms with Crippen LogP contribution in [-0.4, -0.2) is 46.0 Å². The van der Waals surface area contributed by atoms with Crippen molar-refractivity contribution in [1.82, 2.24) is 20.4 Å². The highest BCUT2D eigenvalue weighted by Crippen LogP contribution is 2.20. The average molecular weight is 411 g/mol. The zero-order chi connectivity index (χ0) is 20.2. The van der Waals surface area contributed by atoms with Crippen molar-refractivity contribution in [3.8, 4) is 11.4 Å². The van der Waals surface area contributed by atoms with Gasteiger partial charge in [0.15, 0.2) is 0 Å². The molecule has 0 radical (unpaired) electrons. The van der Waals surface area contributed by atoms with E-state index >= 15 is 0 Å². The van der Waals surface area contributed by atoms with Crippen molar-refractivity contribution in [3.63, 3.8) is 0 Å². The number of amides is 2. The van der Waals surface area contributed by atoms with Gasteiger partial charge in [0.2, 0.25) is 23.5 Å². The molecule has 1 saturated heterocycles. The van der Waals surface area contributed by atoms with Gasteiger partial charge in [-0.05, 0) is 11.6 Å². The Hall–Kier alpha value is -3.19. The zero-order valence-corrected chi connectivity index (χ0v) is 16.3.